The van der Waals surface area contributed by atoms with Gasteiger partial charge in [0, 0.05) is 6.42 Å². The highest BCUT2D eigenvalue weighted by Crippen LogP contribution is 2.20. The topological polar surface area (TPSA) is 77.8 Å². The van der Waals surface area contributed by atoms with E-state index in [1.165, 1.54) is 0 Å². The van der Waals surface area contributed by atoms with Crippen LogP contribution >= 0.6 is 0 Å². The number of carbonyl (C=O) groups excluding carboxylic acids is 1. The number of aliphatic hydroxyl groups excluding tert-OH is 1. The molecule has 13 heavy (non-hydrogen) atoms. The minimum atomic E-state index is -1.31. The second kappa shape index (κ2) is 3.69. The molecule has 1 heterocycles. The van der Waals surface area contributed by atoms with Crippen LogP contribution in [0.3, 0.4) is 0 Å². The van der Waals surface area contributed by atoms with Gasteiger partial charge in [0.25, 0.3) is 0 Å². The van der Waals surface area contributed by atoms with E-state index in [1.54, 1.807) is 0 Å². The van der Waals surface area contributed by atoms with Crippen molar-refractivity contribution in [3.63, 3.8) is 0 Å². The Morgan fingerprint density at radius 1 is 1.54 bits per heavy atom. The second-order valence-corrected chi connectivity index (χ2v) is 2.89. The number of hydrogen-bond donors (Lipinski definition) is 2. The Bertz CT molecular complexity index is 233. The first-order valence-electron chi connectivity index (χ1n) is 3.83. The predicted octanol–water partition coefficient (Wildman–Crippen LogP) is -0.998. The van der Waals surface area contributed by atoms with Gasteiger partial charge in [-0.1, -0.05) is 0 Å². The lowest BCUT2D eigenvalue weighted by Gasteiger charge is -2.19. The van der Waals surface area contributed by atoms with Gasteiger partial charge in [-0.15, -0.1) is 0 Å². The number of rotatable bonds is 2. The van der Waals surface area contributed by atoms with Gasteiger partial charge in [-0.2, -0.15) is 0 Å². The molecular weight excluding hydrogens is 181 g/mol. The number of carboxylic acids is 1. The van der Waals surface area contributed by atoms with E-state index in [0.717, 1.165) is 4.90 Å². The summed E-state index contributed by atoms with van der Waals surface area (Å²) in [4.78, 5) is 22.3. The van der Waals surface area contributed by atoms with Crippen molar-refractivity contribution in [1.82, 2.24) is 4.90 Å². The summed E-state index contributed by atoms with van der Waals surface area (Å²) in [6.45, 7) is -1.02. The maximum atomic E-state index is 12.7. The molecule has 0 aromatic rings. The van der Waals surface area contributed by atoms with E-state index < -0.39 is 30.7 Å². The zero-order chi connectivity index (χ0) is 10.0. The van der Waals surface area contributed by atoms with E-state index in [9.17, 15) is 14.0 Å². The van der Waals surface area contributed by atoms with Gasteiger partial charge in [0.2, 0.25) is 5.91 Å². The Labute approximate surface area is 73.8 Å². The summed E-state index contributed by atoms with van der Waals surface area (Å²) < 4.78 is 12.7. The van der Waals surface area contributed by atoms with Gasteiger partial charge >= 0.3 is 5.97 Å². The molecule has 0 saturated carbocycles. The normalized spacial score (nSPS) is 27.7. The van der Waals surface area contributed by atoms with Crippen LogP contribution in [0.4, 0.5) is 4.39 Å². The smallest absolute Gasteiger partial charge is 0.326 e. The first-order chi connectivity index (χ1) is 6.06. The molecule has 1 aliphatic rings. The van der Waals surface area contributed by atoms with Crippen LogP contribution in [-0.4, -0.2) is 52.4 Å². The van der Waals surface area contributed by atoms with Gasteiger partial charge in [0.1, 0.15) is 18.8 Å². The first kappa shape index (κ1) is 9.91. The highest BCUT2D eigenvalue weighted by Gasteiger charge is 2.39. The number of carbonyl (C=O) groups is 2. The van der Waals surface area contributed by atoms with Crippen LogP contribution < -0.4 is 0 Å². The summed E-state index contributed by atoms with van der Waals surface area (Å²) in [7, 11) is 0. The Balaban J connectivity index is 2.71. The predicted molar refractivity (Wildman–Crippen MR) is 39.7 cm³/mol. The van der Waals surface area contributed by atoms with Crippen molar-refractivity contribution < 1.29 is 24.2 Å². The van der Waals surface area contributed by atoms with E-state index >= 15 is 0 Å². The summed E-state index contributed by atoms with van der Waals surface area (Å²) in [5.41, 5.74) is 0. The summed E-state index contributed by atoms with van der Waals surface area (Å²) in [5.74, 6) is -1.98. The molecule has 0 aliphatic carbocycles. The summed E-state index contributed by atoms with van der Waals surface area (Å²) >= 11 is 0. The Kier molecular flexibility index (Phi) is 2.82. The van der Waals surface area contributed by atoms with Crippen LogP contribution in [0.25, 0.3) is 0 Å². The van der Waals surface area contributed by atoms with Crippen LogP contribution in [0.1, 0.15) is 6.42 Å². The van der Waals surface area contributed by atoms with Gasteiger partial charge in [-0.05, 0) is 0 Å². The Morgan fingerprint density at radius 3 is 2.62 bits per heavy atom. The molecule has 6 heteroatoms. The van der Waals surface area contributed by atoms with E-state index in [4.69, 9.17) is 10.2 Å². The van der Waals surface area contributed by atoms with E-state index in [-0.39, 0.29) is 13.0 Å². The van der Waals surface area contributed by atoms with Crippen molar-refractivity contribution in [2.45, 2.75) is 18.6 Å². The quantitative estimate of drug-likeness (QED) is 0.587. The molecule has 2 atom stereocenters. The number of amides is 1. The van der Waals surface area contributed by atoms with Crippen molar-refractivity contribution in [1.29, 1.82) is 0 Å². The average Bonchev–Trinajstić information content (AvgIpc) is 2.46. The highest BCUT2D eigenvalue weighted by atomic mass is 19.1. The molecular formula is C7H10FNO4. The molecule has 74 valence electrons. The maximum Gasteiger partial charge on any atom is 0.326 e. The molecule has 5 nitrogen and oxygen atoms in total. The molecule has 1 rings (SSSR count). The zero-order valence-electron chi connectivity index (χ0n) is 6.81. The zero-order valence-corrected chi connectivity index (χ0v) is 6.81. The third-order valence-corrected chi connectivity index (χ3v) is 1.99. The van der Waals surface area contributed by atoms with E-state index in [2.05, 4.69) is 0 Å². The van der Waals surface area contributed by atoms with Crippen molar-refractivity contribution >= 4 is 11.9 Å². The first-order valence-corrected chi connectivity index (χ1v) is 3.83. The summed E-state index contributed by atoms with van der Waals surface area (Å²) in [6.07, 6.45) is -1.50. The number of aliphatic hydroxyl groups is 1. The molecule has 1 aliphatic heterocycles. The van der Waals surface area contributed by atoms with Gasteiger partial charge in [-0.25, -0.2) is 9.18 Å². The van der Waals surface area contributed by atoms with E-state index in [1.807, 2.05) is 0 Å². The molecule has 0 aromatic heterocycles. The third kappa shape index (κ3) is 1.95. The SMILES string of the molecule is O=C(O)[C@@H]1C[C@H](F)CN1C(=O)CO. The van der Waals surface area contributed by atoms with Crippen molar-refractivity contribution in [3.8, 4) is 0 Å². The molecule has 0 spiro atoms. The Hall–Kier alpha value is -1.17. The number of likely N-dealkylation sites (tertiary alicyclic amines) is 1. The van der Waals surface area contributed by atoms with Gasteiger partial charge in [0.15, 0.2) is 0 Å². The number of carboxylic acid groups (broad SMARTS) is 1. The van der Waals surface area contributed by atoms with Gasteiger partial charge < -0.3 is 15.1 Å². The number of alkyl halides is 1. The van der Waals surface area contributed by atoms with Crippen LogP contribution in [0.5, 0.6) is 0 Å². The number of halogens is 1. The second-order valence-electron chi connectivity index (χ2n) is 2.89. The number of aliphatic carboxylic acids is 1. The molecule has 0 radical (unpaired) electrons. The molecule has 2 N–H and O–H groups in total. The fourth-order valence-corrected chi connectivity index (χ4v) is 1.39. The number of hydrogen-bond acceptors (Lipinski definition) is 3. The highest BCUT2D eigenvalue weighted by molar-refractivity contribution is 5.85. The van der Waals surface area contributed by atoms with Crippen LogP contribution in [-0.2, 0) is 9.59 Å². The lowest BCUT2D eigenvalue weighted by Crippen LogP contribution is -2.41. The van der Waals surface area contributed by atoms with Crippen molar-refractivity contribution in [2.24, 2.45) is 0 Å². The lowest BCUT2D eigenvalue weighted by molar-refractivity contribution is -0.149. The average molecular weight is 191 g/mol. The standard InChI is InChI=1S/C7H10FNO4/c8-4-1-5(7(12)13)9(2-4)6(11)3-10/h4-5,10H,1-3H2,(H,12,13)/t4-,5-/m0/s1. The largest absolute Gasteiger partial charge is 0.480 e. The van der Waals surface area contributed by atoms with Crippen LogP contribution in [0.15, 0.2) is 0 Å². The van der Waals surface area contributed by atoms with Crippen molar-refractivity contribution in [2.75, 3.05) is 13.2 Å². The molecule has 1 fully saturated rings. The van der Waals surface area contributed by atoms with Crippen molar-refractivity contribution in [3.05, 3.63) is 0 Å². The molecule has 0 aromatic carbocycles. The van der Waals surface area contributed by atoms with E-state index in [0.29, 0.717) is 0 Å². The summed E-state index contributed by atoms with van der Waals surface area (Å²) in [5, 5.41) is 17.1. The monoisotopic (exact) mass is 191 g/mol. The molecule has 1 saturated heterocycles. The van der Waals surface area contributed by atoms with Gasteiger partial charge in [-0.3, -0.25) is 4.79 Å². The fourth-order valence-electron chi connectivity index (χ4n) is 1.39. The summed E-state index contributed by atoms with van der Waals surface area (Å²) in [6, 6.07) is -1.13. The fraction of sp³-hybridized carbons (Fsp3) is 0.714. The van der Waals surface area contributed by atoms with Crippen LogP contribution in [0.2, 0.25) is 0 Å². The Morgan fingerprint density at radius 2 is 2.15 bits per heavy atom. The number of nitrogens with zero attached hydrogens (tertiary/aromatic N) is 1. The lowest BCUT2D eigenvalue weighted by atomic mass is 10.2. The molecule has 1 amide bonds. The molecule has 0 bridgehead atoms. The minimum Gasteiger partial charge on any atom is -0.480 e. The van der Waals surface area contributed by atoms with Crippen LogP contribution in [0, 0.1) is 0 Å². The van der Waals surface area contributed by atoms with Gasteiger partial charge in [0.05, 0.1) is 6.54 Å². The third-order valence-electron chi connectivity index (χ3n) is 1.99. The minimum absolute atomic E-state index is 0.193. The molecule has 0 unspecified atom stereocenters. The maximum absolute atomic E-state index is 12.7.